The second-order valence-electron chi connectivity index (χ2n) is 5.51. The van der Waals surface area contributed by atoms with Crippen LogP contribution in [-0.4, -0.2) is 68.8 Å². The summed E-state index contributed by atoms with van der Waals surface area (Å²) in [4.78, 5) is 4.92. The first kappa shape index (κ1) is 13.8. The van der Waals surface area contributed by atoms with Gasteiger partial charge in [0.05, 0.1) is 12.9 Å². The van der Waals surface area contributed by atoms with Gasteiger partial charge in [-0.05, 0) is 39.1 Å². The summed E-state index contributed by atoms with van der Waals surface area (Å²) in [5.41, 5.74) is 1.44. The van der Waals surface area contributed by atoms with E-state index in [-0.39, 0.29) is 0 Å². The molecule has 0 aromatic rings. The Morgan fingerprint density at radius 2 is 2.28 bits per heavy atom. The summed E-state index contributed by atoms with van der Waals surface area (Å²) >= 11 is 0. The van der Waals surface area contributed by atoms with Gasteiger partial charge in [-0.2, -0.15) is 0 Å². The Morgan fingerprint density at radius 1 is 1.44 bits per heavy atom. The molecule has 2 unspecified atom stereocenters. The quantitative estimate of drug-likeness (QED) is 0.806. The van der Waals surface area contributed by atoms with Crippen molar-refractivity contribution in [1.29, 1.82) is 0 Å². The molecule has 104 valence electrons. The van der Waals surface area contributed by atoms with E-state index in [1.54, 1.807) is 0 Å². The van der Waals surface area contributed by atoms with E-state index >= 15 is 0 Å². The maximum absolute atomic E-state index is 5.53. The van der Waals surface area contributed by atoms with Crippen LogP contribution in [0.4, 0.5) is 0 Å². The van der Waals surface area contributed by atoms with E-state index in [0.717, 1.165) is 32.7 Å². The lowest BCUT2D eigenvalue weighted by atomic mass is 9.93. The average Bonchev–Trinajstić information content (AvgIpc) is 2.40. The Hall–Kier alpha value is -0.580. The van der Waals surface area contributed by atoms with Gasteiger partial charge in [0.15, 0.2) is 0 Å². The molecule has 2 aliphatic rings. The van der Waals surface area contributed by atoms with Crippen LogP contribution in [0.3, 0.4) is 0 Å². The molecular weight excluding hydrogens is 226 g/mol. The number of nitrogens with one attached hydrogen (secondary N) is 1. The van der Waals surface area contributed by atoms with Crippen LogP contribution in [0.15, 0.2) is 11.8 Å². The maximum Gasteiger partial charge on any atom is 0.0876 e. The van der Waals surface area contributed by atoms with Crippen molar-refractivity contribution in [1.82, 2.24) is 15.1 Å². The van der Waals surface area contributed by atoms with Gasteiger partial charge in [-0.25, -0.2) is 0 Å². The fourth-order valence-electron chi connectivity index (χ4n) is 2.95. The molecule has 1 fully saturated rings. The first-order chi connectivity index (χ1) is 8.72. The Kier molecular flexibility index (Phi) is 5.03. The summed E-state index contributed by atoms with van der Waals surface area (Å²) in [5, 5.41) is 3.66. The Morgan fingerprint density at radius 3 is 2.94 bits per heavy atom. The number of nitrogens with zero attached hydrogens (tertiary/aromatic N) is 2. The number of hydrogen-bond acceptors (Lipinski definition) is 4. The lowest BCUT2D eigenvalue weighted by Gasteiger charge is -2.43. The van der Waals surface area contributed by atoms with Crippen molar-refractivity contribution in [2.75, 3.05) is 46.9 Å². The van der Waals surface area contributed by atoms with Crippen LogP contribution in [0.25, 0.3) is 0 Å². The van der Waals surface area contributed by atoms with E-state index in [0.29, 0.717) is 12.1 Å². The second-order valence-corrected chi connectivity index (χ2v) is 5.51. The number of rotatable bonds is 4. The standard InChI is InChI=1S/C14H27N3O/c1-4-15-14(12-6-5-9-18-11-12)13-10-16(2)7-8-17(13)3/h11,13-15H,4-10H2,1-3H3. The second kappa shape index (κ2) is 6.55. The molecule has 2 aliphatic heterocycles. The first-order valence-corrected chi connectivity index (χ1v) is 7.15. The molecule has 0 bridgehead atoms. The molecule has 2 rings (SSSR count). The zero-order valence-electron chi connectivity index (χ0n) is 12.0. The topological polar surface area (TPSA) is 27.7 Å². The van der Waals surface area contributed by atoms with Crippen molar-refractivity contribution >= 4 is 0 Å². The van der Waals surface area contributed by atoms with Crippen molar-refractivity contribution in [2.24, 2.45) is 0 Å². The van der Waals surface area contributed by atoms with Crippen LogP contribution in [0.5, 0.6) is 0 Å². The predicted octanol–water partition coefficient (Wildman–Crippen LogP) is 0.905. The summed E-state index contributed by atoms with van der Waals surface area (Å²) in [7, 11) is 4.46. The lowest BCUT2D eigenvalue weighted by molar-refractivity contribution is 0.0922. The molecule has 2 atom stereocenters. The molecule has 0 spiro atoms. The van der Waals surface area contributed by atoms with Gasteiger partial charge >= 0.3 is 0 Å². The van der Waals surface area contributed by atoms with Gasteiger partial charge in [-0.3, -0.25) is 4.90 Å². The normalized spacial score (nSPS) is 28.6. The highest BCUT2D eigenvalue weighted by atomic mass is 16.5. The van der Waals surface area contributed by atoms with Crippen molar-refractivity contribution in [3.8, 4) is 0 Å². The van der Waals surface area contributed by atoms with Crippen molar-refractivity contribution in [3.63, 3.8) is 0 Å². The summed E-state index contributed by atoms with van der Waals surface area (Å²) in [6.45, 7) is 7.52. The zero-order chi connectivity index (χ0) is 13.0. The van der Waals surface area contributed by atoms with Crippen LogP contribution in [-0.2, 0) is 4.74 Å². The smallest absolute Gasteiger partial charge is 0.0876 e. The third-order valence-corrected chi connectivity index (χ3v) is 4.07. The highest BCUT2D eigenvalue weighted by Gasteiger charge is 2.32. The minimum atomic E-state index is 0.433. The molecular formula is C14H27N3O. The number of hydrogen-bond donors (Lipinski definition) is 1. The van der Waals surface area contributed by atoms with Gasteiger partial charge in [0.25, 0.3) is 0 Å². The molecule has 0 amide bonds. The van der Waals surface area contributed by atoms with Crippen LogP contribution in [0.1, 0.15) is 19.8 Å². The van der Waals surface area contributed by atoms with Crippen LogP contribution in [0, 0.1) is 0 Å². The number of piperazine rings is 1. The minimum absolute atomic E-state index is 0.433. The highest BCUT2D eigenvalue weighted by molar-refractivity contribution is 5.15. The van der Waals surface area contributed by atoms with Crippen LogP contribution < -0.4 is 5.32 Å². The molecule has 1 saturated heterocycles. The van der Waals surface area contributed by atoms with E-state index in [1.165, 1.54) is 18.5 Å². The van der Waals surface area contributed by atoms with E-state index < -0.39 is 0 Å². The number of ether oxygens (including phenoxy) is 1. The van der Waals surface area contributed by atoms with E-state index in [1.807, 2.05) is 6.26 Å². The minimum Gasteiger partial charge on any atom is -0.501 e. The largest absolute Gasteiger partial charge is 0.501 e. The van der Waals surface area contributed by atoms with E-state index in [4.69, 9.17) is 4.74 Å². The van der Waals surface area contributed by atoms with Crippen LogP contribution in [0.2, 0.25) is 0 Å². The van der Waals surface area contributed by atoms with Gasteiger partial charge < -0.3 is 15.0 Å². The molecule has 0 radical (unpaired) electrons. The lowest BCUT2D eigenvalue weighted by Crippen LogP contribution is -2.59. The Bertz CT molecular complexity index is 293. The molecule has 0 aromatic heterocycles. The van der Waals surface area contributed by atoms with Gasteiger partial charge in [-0.15, -0.1) is 0 Å². The third kappa shape index (κ3) is 3.25. The van der Waals surface area contributed by atoms with Gasteiger partial charge in [0.2, 0.25) is 0 Å². The molecule has 4 heteroatoms. The summed E-state index contributed by atoms with van der Waals surface area (Å²) in [5.74, 6) is 0. The molecule has 0 saturated carbocycles. The van der Waals surface area contributed by atoms with Gasteiger partial charge in [-0.1, -0.05) is 6.92 Å². The van der Waals surface area contributed by atoms with Crippen molar-refractivity contribution < 1.29 is 4.74 Å². The molecule has 18 heavy (non-hydrogen) atoms. The van der Waals surface area contributed by atoms with Crippen molar-refractivity contribution in [3.05, 3.63) is 11.8 Å². The highest BCUT2D eigenvalue weighted by Crippen LogP contribution is 2.22. The zero-order valence-corrected chi connectivity index (χ0v) is 12.0. The monoisotopic (exact) mass is 253 g/mol. The summed E-state index contributed by atoms with van der Waals surface area (Å²) < 4.78 is 5.53. The fourth-order valence-corrected chi connectivity index (χ4v) is 2.95. The fraction of sp³-hybridized carbons (Fsp3) is 0.857. The Balaban J connectivity index is 2.09. The third-order valence-electron chi connectivity index (χ3n) is 4.07. The molecule has 0 aliphatic carbocycles. The van der Waals surface area contributed by atoms with E-state index in [2.05, 4.69) is 36.1 Å². The van der Waals surface area contributed by atoms with E-state index in [9.17, 15) is 0 Å². The molecule has 1 N–H and O–H groups in total. The van der Waals surface area contributed by atoms with Crippen molar-refractivity contribution in [2.45, 2.75) is 31.8 Å². The SMILES string of the molecule is CCNC(C1=COCCC1)C1CN(C)CCN1C. The summed E-state index contributed by atoms with van der Waals surface area (Å²) in [6, 6.07) is 0.986. The number of likely N-dealkylation sites (N-methyl/N-ethyl adjacent to an activating group) is 3. The maximum atomic E-state index is 5.53. The molecule has 2 heterocycles. The average molecular weight is 253 g/mol. The molecule has 0 aromatic carbocycles. The predicted molar refractivity (Wildman–Crippen MR) is 74.6 cm³/mol. The Labute approximate surface area is 111 Å². The van der Waals surface area contributed by atoms with Gasteiger partial charge in [0, 0.05) is 31.7 Å². The molecule has 4 nitrogen and oxygen atoms in total. The van der Waals surface area contributed by atoms with Gasteiger partial charge in [0.1, 0.15) is 0 Å². The summed E-state index contributed by atoms with van der Waals surface area (Å²) in [6.07, 6.45) is 4.32. The first-order valence-electron chi connectivity index (χ1n) is 7.15. The van der Waals surface area contributed by atoms with Crippen LogP contribution >= 0.6 is 0 Å².